The normalized spacial score (nSPS) is 9.44. The third-order valence-corrected chi connectivity index (χ3v) is 2.03. The zero-order chi connectivity index (χ0) is 12.7. The first-order valence-electron chi connectivity index (χ1n) is 5.94. The van der Waals surface area contributed by atoms with Gasteiger partial charge in [0.2, 0.25) is 0 Å². The molecule has 1 heteroatoms. The van der Waals surface area contributed by atoms with E-state index >= 15 is 0 Å². The number of rotatable bonds is 3. The minimum Gasteiger partial charge on any atom is -0.491 e. The molecule has 1 aromatic carbocycles. The largest absolute Gasteiger partial charge is 0.491 e. The molecule has 0 fully saturated rings. The van der Waals surface area contributed by atoms with Crippen molar-refractivity contribution in [3.05, 3.63) is 35.9 Å². The molecule has 1 nitrogen and oxygen atoms in total. The van der Waals surface area contributed by atoms with Crippen molar-refractivity contribution in [3.63, 3.8) is 0 Å². The molecule has 0 amide bonds. The molecule has 0 unspecified atom stereocenters. The summed E-state index contributed by atoms with van der Waals surface area (Å²) in [5.74, 6) is 0.933. The van der Waals surface area contributed by atoms with E-state index in [9.17, 15) is 0 Å². The highest BCUT2D eigenvalue weighted by molar-refractivity contribution is 5.65. The lowest BCUT2D eigenvalue weighted by molar-refractivity contribution is 0.242. The van der Waals surface area contributed by atoms with Gasteiger partial charge in [-0.15, -0.1) is 0 Å². The Hall–Kier alpha value is -1.24. The van der Waals surface area contributed by atoms with Crippen LogP contribution < -0.4 is 4.74 Å². The van der Waals surface area contributed by atoms with E-state index in [0.717, 1.165) is 11.3 Å². The van der Waals surface area contributed by atoms with Gasteiger partial charge in [-0.1, -0.05) is 32.1 Å². The highest BCUT2D eigenvalue weighted by atomic mass is 16.5. The van der Waals surface area contributed by atoms with Gasteiger partial charge in [-0.05, 0) is 51.0 Å². The van der Waals surface area contributed by atoms with E-state index in [1.54, 1.807) is 0 Å². The molecule has 0 aromatic heterocycles. The second-order valence-electron chi connectivity index (χ2n) is 3.92. The van der Waals surface area contributed by atoms with Crippen LogP contribution >= 0.6 is 0 Å². The van der Waals surface area contributed by atoms with Crippen molar-refractivity contribution in [1.29, 1.82) is 0 Å². The summed E-state index contributed by atoms with van der Waals surface area (Å²) in [7, 11) is 0. The lowest BCUT2D eigenvalue weighted by atomic mass is 10.0. The van der Waals surface area contributed by atoms with Gasteiger partial charge >= 0.3 is 0 Å². The van der Waals surface area contributed by atoms with E-state index < -0.39 is 0 Å². The van der Waals surface area contributed by atoms with Crippen molar-refractivity contribution in [2.75, 3.05) is 0 Å². The van der Waals surface area contributed by atoms with Crippen LogP contribution in [0.2, 0.25) is 0 Å². The molecular weight excluding hydrogens is 196 g/mol. The minimum atomic E-state index is 0.227. The molecular formula is C15H24O. The number of allylic oxidation sites excluding steroid dienone is 1. The average molecular weight is 220 g/mol. The van der Waals surface area contributed by atoms with Gasteiger partial charge in [0.1, 0.15) is 5.75 Å². The van der Waals surface area contributed by atoms with Crippen molar-refractivity contribution in [3.8, 4) is 5.75 Å². The Bertz CT molecular complexity index is 337. The van der Waals surface area contributed by atoms with Crippen LogP contribution in [0.25, 0.3) is 5.57 Å². The van der Waals surface area contributed by atoms with Gasteiger partial charge < -0.3 is 4.74 Å². The van der Waals surface area contributed by atoms with Crippen LogP contribution in [0.15, 0.2) is 24.8 Å². The molecule has 0 bridgehead atoms. The summed E-state index contributed by atoms with van der Waals surface area (Å²) in [6.07, 6.45) is 0.227. The van der Waals surface area contributed by atoms with Crippen molar-refractivity contribution in [1.82, 2.24) is 0 Å². The van der Waals surface area contributed by atoms with Crippen LogP contribution in [0.4, 0.5) is 0 Å². The summed E-state index contributed by atoms with van der Waals surface area (Å²) in [5.41, 5.74) is 3.52. The second-order valence-corrected chi connectivity index (χ2v) is 3.92. The first kappa shape index (κ1) is 14.8. The van der Waals surface area contributed by atoms with Crippen molar-refractivity contribution < 1.29 is 4.74 Å². The van der Waals surface area contributed by atoms with Crippen molar-refractivity contribution in [2.45, 2.75) is 47.6 Å². The summed E-state index contributed by atoms with van der Waals surface area (Å²) >= 11 is 0. The molecule has 0 saturated heterocycles. The predicted molar refractivity (Wildman–Crippen MR) is 73.0 cm³/mol. The zero-order valence-corrected chi connectivity index (χ0v) is 11.4. The minimum absolute atomic E-state index is 0.227. The maximum Gasteiger partial charge on any atom is 0.119 e. The van der Waals surface area contributed by atoms with Crippen molar-refractivity contribution in [2.24, 2.45) is 0 Å². The Morgan fingerprint density at radius 3 is 2.19 bits per heavy atom. The lowest BCUT2D eigenvalue weighted by Gasteiger charge is -2.12. The maximum atomic E-state index is 5.60. The molecule has 0 saturated carbocycles. The molecule has 1 aromatic rings. The SMILES string of the molecule is C=C(C)c1ccc(OC(C)C)cc1C.CC. The smallest absolute Gasteiger partial charge is 0.119 e. The van der Waals surface area contributed by atoms with E-state index in [2.05, 4.69) is 25.6 Å². The summed E-state index contributed by atoms with van der Waals surface area (Å²) in [6.45, 7) is 16.1. The van der Waals surface area contributed by atoms with Gasteiger partial charge in [-0.3, -0.25) is 0 Å². The van der Waals surface area contributed by atoms with Gasteiger partial charge in [0, 0.05) is 0 Å². The second kappa shape index (κ2) is 7.10. The first-order chi connectivity index (χ1) is 7.50. The molecule has 0 aliphatic carbocycles. The van der Waals surface area contributed by atoms with Crippen LogP contribution in [0, 0.1) is 6.92 Å². The summed E-state index contributed by atoms with van der Waals surface area (Å²) in [5, 5.41) is 0. The molecule has 0 heterocycles. The topological polar surface area (TPSA) is 9.23 Å². The number of benzene rings is 1. The number of ether oxygens (including phenoxy) is 1. The Balaban J connectivity index is 0.00000106. The fourth-order valence-electron chi connectivity index (χ4n) is 1.46. The van der Waals surface area contributed by atoms with Crippen LogP contribution in [-0.2, 0) is 0 Å². The lowest BCUT2D eigenvalue weighted by Crippen LogP contribution is -2.05. The molecule has 0 N–H and O–H groups in total. The first-order valence-corrected chi connectivity index (χ1v) is 5.94. The van der Waals surface area contributed by atoms with Crippen LogP contribution in [0.1, 0.15) is 45.7 Å². The Morgan fingerprint density at radius 1 is 1.25 bits per heavy atom. The molecule has 0 atom stereocenters. The Morgan fingerprint density at radius 2 is 1.81 bits per heavy atom. The van der Waals surface area contributed by atoms with Gasteiger partial charge in [-0.25, -0.2) is 0 Å². The van der Waals surface area contributed by atoms with Crippen LogP contribution in [-0.4, -0.2) is 6.10 Å². The fraction of sp³-hybridized carbons (Fsp3) is 0.467. The molecule has 0 aliphatic heterocycles. The van der Waals surface area contributed by atoms with Gasteiger partial charge in [0.05, 0.1) is 6.10 Å². The molecule has 0 aliphatic rings. The number of hydrogen-bond acceptors (Lipinski definition) is 1. The summed E-state index contributed by atoms with van der Waals surface area (Å²) < 4.78 is 5.60. The van der Waals surface area contributed by atoms with Crippen molar-refractivity contribution >= 4 is 5.57 Å². The van der Waals surface area contributed by atoms with Gasteiger partial charge in [0.15, 0.2) is 0 Å². The summed E-state index contributed by atoms with van der Waals surface area (Å²) in [4.78, 5) is 0. The van der Waals surface area contributed by atoms with E-state index in [-0.39, 0.29) is 6.10 Å². The third-order valence-electron chi connectivity index (χ3n) is 2.03. The van der Waals surface area contributed by atoms with Gasteiger partial charge in [0.25, 0.3) is 0 Å². The molecule has 90 valence electrons. The van der Waals surface area contributed by atoms with E-state index in [1.165, 1.54) is 11.1 Å². The highest BCUT2D eigenvalue weighted by Gasteiger charge is 2.02. The molecule has 1 rings (SSSR count). The standard InChI is InChI=1S/C13H18O.C2H6/c1-9(2)13-7-6-12(8-11(13)5)14-10(3)4;1-2/h6-8,10H,1H2,2-5H3;1-2H3. The van der Waals surface area contributed by atoms with E-state index in [1.807, 2.05) is 40.7 Å². The monoisotopic (exact) mass is 220 g/mol. The summed E-state index contributed by atoms with van der Waals surface area (Å²) in [6, 6.07) is 6.12. The van der Waals surface area contributed by atoms with E-state index in [0.29, 0.717) is 0 Å². The Kier molecular flexibility index (Phi) is 6.55. The fourth-order valence-corrected chi connectivity index (χ4v) is 1.46. The predicted octanol–water partition coefficient (Wildman–Crippen LogP) is 4.84. The molecule has 16 heavy (non-hydrogen) atoms. The average Bonchev–Trinajstić information content (AvgIpc) is 2.19. The highest BCUT2D eigenvalue weighted by Crippen LogP contribution is 2.22. The quantitative estimate of drug-likeness (QED) is 0.708. The maximum absolute atomic E-state index is 5.60. The zero-order valence-electron chi connectivity index (χ0n) is 11.4. The molecule has 0 spiro atoms. The third kappa shape index (κ3) is 4.52. The van der Waals surface area contributed by atoms with E-state index in [4.69, 9.17) is 4.74 Å². The Labute approximate surface area is 100 Å². The van der Waals surface area contributed by atoms with Crippen LogP contribution in [0.3, 0.4) is 0 Å². The number of hydrogen-bond donors (Lipinski definition) is 0. The van der Waals surface area contributed by atoms with Gasteiger partial charge in [-0.2, -0.15) is 0 Å². The van der Waals surface area contributed by atoms with Crippen LogP contribution in [0.5, 0.6) is 5.75 Å². The number of aryl methyl sites for hydroxylation is 1. The molecule has 0 radical (unpaired) electrons.